The molecule has 4 nitrogen and oxygen atoms in total. The Labute approximate surface area is 110 Å². The molecule has 0 aliphatic rings. The third-order valence-corrected chi connectivity index (χ3v) is 2.55. The Morgan fingerprint density at radius 2 is 1.78 bits per heavy atom. The maximum atomic E-state index is 11.5. The molecule has 2 aromatic rings. The largest absolute Gasteiger partial charge is 0.448 e. The zero-order valence-corrected chi connectivity index (χ0v) is 10.4. The van der Waals surface area contributed by atoms with E-state index in [2.05, 4.69) is 10.6 Å². The van der Waals surface area contributed by atoms with Gasteiger partial charge in [0.05, 0.1) is 6.54 Å². The highest BCUT2D eigenvalue weighted by molar-refractivity contribution is 6.28. The molecule has 1 heterocycles. The van der Waals surface area contributed by atoms with E-state index in [1.54, 1.807) is 12.1 Å². The monoisotopic (exact) mass is 264 g/mol. The number of rotatable bonds is 4. The smallest absolute Gasteiger partial charge is 0.315 e. The summed E-state index contributed by atoms with van der Waals surface area (Å²) in [6.45, 7) is 0.804. The lowest BCUT2D eigenvalue weighted by atomic mass is 10.2. The van der Waals surface area contributed by atoms with Gasteiger partial charge in [0.25, 0.3) is 0 Å². The van der Waals surface area contributed by atoms with Crippen LogP contribution in [0.25, 0.3) is 0 Å². The van der Waals surface area contributed by atoms with Gasteiger partial charge in [0.1, 0.15) is 5.76 Å². The average Bonchev–Trinajstić information content (AvgIpc) is 2.81. The average molecular weight is 265 g/mol. The van der Waals surface area contributed by atoms with Gasteiger partial charge in [0.2, 0.25) is 0 Å². The van der Waals surface area contributed by atoms with Crippen LogP contribution in [0.1, 0.15) is 11.3 Å². The van der Waals surface area contributed by atoms with E-state index in [9.17, 15) is 4.79 Å². The van der Waals surface area contributed by atoms with Crippen molar-refractivity contribution in [1.82, 2.24) is 10.6 Å². The van der Waals surface area contributed by atoms with Crippen LogP contribution in [0, 0.1) is 0 Å². The number of halogens is 1. The summed E-state index contributed by atoms with van der Waals surface area (Å²) in [5.74, 6) is 0.620. The molecule has 0 unspecified atom stereocenters. The van der Waals surface area contributed by atoms with E-state index >= 15 is 0 Å². The van der Waals surface area contributed by atoms with Crippen LogP contribution in [-0.2, 0) is 13.1 Å². The minimum atomic E-state index is -0.244. The Kier molecular flexibility index (Phi) is 4.25. The van der Waals surface area contributed by atoms with Crippen LogP contribution in [-0.4, -0.2) is 6.03 Å². The fraction of sp³-hybridized carbons (Fsp3) is 0.154. The summed E-state index contributed by atoms with van der Waals surface area (Å²) in [4.78, 5) is 11.5. The molecule has 94 valence electrons. The zero-order valence-electron chi connectivity index (χ0n) is 9.65. The van der Waals surface area contributed by atoms with Crippen LogP contribution in [0.2, 0.25) is 5.22 Å². The normalized spacial score (nSPS) is 10.1. The number of carbonyl (C=O) groups is 1. The fourth-order valence-electron chi connectivity index (χ4n) is 1.45. The molecule has 2 amide bonds. The molecule has 0 fully saturated rings. The summed E-state index contributed by atoms with van der Waals surface area (Å²) in [5.41, 5.74) is 1.05. The number of carbonyl (C=O) groups excluding carboxylic acids is 1. The van der Waals surface area contributed by atoms with Gasteiger partial charge >= 0.3 is 6.03 Å². The molecule has 18 heavy (non-hydrogen) atoms. The Hall–Kier alpha value is -1.94. The van der Waals surface area contributed by atoms with E-state index in [-0.39, 0.29) is 6.03 Å². The van der Waals surface area contributed by atoms with Crippen LogP contribution >= 0.6 is 11.6 Å². The first-order chi connectivity index (χ1) is 8.74. The first-order valence-electron chi connectivity index (χ1n) is 5.54. The summed E-state index contributed by atoms with van der Waals surface area (Å²) >= 11 is 5.62. The van der Waals surface area contributed by atoms with E-state index in [1.165, 1.54) is 0 Å². The van der Waals surface area contributed by atoms with Crippen LogP contribution in [0.4, 0.5) is 4.79 Å². The van der Waals surface area contributed by atoms with Crippen molar-refractivity contribution in [2.75, 3.05) is 0 Å². The van der Waals surface area contributed by atoms with Crippen molar-refractivity contribution in [3.63, 3.8) is 0 Å². The van der Waals surface area contributed by atoms with Gasteiger partial charge in [-0.2, -0.15) is 0 Å². The second kappa shape index (κ2) is 6.12. The number of nitrogens with one attached hydrogen (secondary N) is 2. The molecule has 0 aliphatic carbocycles. The predicted molar refractivity (Wildman–Crippen MR) is 69.2 cm³/mol. The van der Waals surface area contributed by atoms with Crippen LogP contribution in [0.5, 0.6) is 0 Å². The molecule has 0 spiro atoms. The molecule has 2 N–H and O–H groups in total. The van der Waals surface area contributed by atoms with E-state index in [0.717, 1.165) is 5.56 Å². The minimum absolute atomic E-state index is 0.244. The summed E-state index contributed by atoms with van der Waals surface area (Å²) in [6, 6.07) is 12.8. The lowest BCUT2D eigenvalue weighted by Crippen LogP contribution is -2.34. The van der Waals surface area contributed by atoms with Crippen molar-refractivity contribution in [2.45, 2.75) is 13.1 Å². The maximum Gasteiger partial charge on any atom is 0.315 e. The third kappa shape index (κ3) is 3.82. The molecule has 5 heteroatoms. The summed E-state index contributed by atoms with van der Waals surface area (Å²) < 4.78 is 5.12. The van der Waals surface area contributed by atoms with Gasteiger partial charge in [0.15, 0.2) is 5.22 Å². The molecule has 0 saturated heterocycles. The van der Waals surface area contributed by atoms with Gasteiger partial charge in [-0.15, -0.1) is 0 Å². The highest BCUT2D eigenvalue weighted by Gasteiger charge is 2.03. The van der Waals surface area contributed by atoms with Crippen LogP contribution < -0.4 is 10.6 Å². The van der Waals surface area contributed by atoms with E-state index < -0.39 is 0 Å². The highest BCUT2D eigenvalue weighted by Crippen LogP contribution is 2.12. The maximum absolute atomic E-state index is 11.5. The lowest BCUT2D eigenvalue weighted by Gasteiger charge is -2.06. The predicted octanol–water partition coefficient (Wildman–Crippen LogP) is 2.93. The first-order valence-corrected chi connectivity index (χ1v) is 5.91. The lowest BCUT2D eigenvalue weighted by molar-refractivity contribution is 0.239. The molecule has 1 aromatic heterocycles. The molecule has 0 aliphatic heterocycles. The standard InChI is InChI=1S/C13H13ClN2O2/c14-12-7-6-11(18-12)9-16-13(17)15-8-10-4-2-1-3-5-10/h1-7H,8-9H2,(H2,15,16,17). The minimum Gasteiger partial charge on any atom is -0.448 e. The molecular weight excluding hydrogens is 252 g/mol. The molecule has 0 bridgehead atoms. The summed E-state index contributed by atoms with van der Waals surface area (Å²) in [7, 11) is 0. The number of hydrogen-bond donors (Lipinski definition) is 2. The van der Waals surface area contributed by atoms with E-state index in [4.69, 9.17) is 16.0 Å². The Bertz CT molecular complexity index is 511. The summed E-state index contributed by atoms with van der Waals surface area (Å²) in [6.07, 6.45) is 0. The van der Waals surface area contributed by atoms with Gasteiger partial charge in [-0.1, -0.05) is 30.3 Å². The van der Waals surface area contributed by atoms with Crippen molar-refractivity contribution < 1.29 is 9.21 Å². The number of furan rings is 1. The summed E-state index contributed by atoms with van der Waals surface area (Å²) in [5, 5.41) is 5.75. The molecule has 0 radical (unpaired) electrons. The first kappa shape index (κ1) is 12.5. The number of hydrogen-bond acceptors (Lipinski definition) is 2. The van der Waals surface area contributed by atoms with Crippen molar-refractivity contribution in [2.24, 2.45) is 0 Å². The van der Waals surface area contributed by atoms with Crippen molar-refractivity contribution in [3.05, 3.63) is 59.0 Å². The van der Waals surface area contributed by atoms with Crippen molar-refractivity contribution in [1.29, 1.82) is 0 Å². The van der Waals surface area contributed by atoms with Gasteiger partial charge in [-0.05, 0) is 29.3 Å². The number of amides is 2. The molecule has 2 rings (SSSR count). The van der Waals surface area contributed by atoms with Crippen molar-refractivity contribution in [3.8, 4) is 0 Å². The quantitative estimate of drug-likeness (QED) is 0.892. The van der Waals surface area contributed by atoms with Crippen LogP contribution in [0.3, 0.4) is 0 Å². The number of urea groups is 1. The Morgan fingerprint density at radius 3 is 2.44 bits per heavy atom. The molecule has 0 saturated carbocycles. The zero-order chi connectivity index (χ0) is 12.8. The Balaban J connectivity index is 1.73. The molecule has 0 atom stereocenters. The van der Waals surface area contributed by atoms with E-state index in [1.807, 2.05) is 30.3 Å². The van der Waals surface area contributed by atoms with Gasteiger partial charge in [-0.25, -0.2) is 4.79 Å². The highest BCUT2D eigenvalue weighted by atomic mass is 35.5. The topological polar surface area (TPSA) is 54.3 Å². The van der Waals surface area contributed by atoms with Crippen molar-refractivity contribution >= 4 is 17.6 Å². The third-order valence-electron chi connectivity index (χ3n) is 2.35. The van der Waals surface area contributed by atoms with Gasteiger partial charge in [0, 0.05) is 6.54 Å². The van der Waals surface area contributed by atoms with Gasteiger partial charge in [-0.3, -0.25) is 0 Å². The molecule has 1 aromatic carbocycles. The number of benzene rings is 1. The SMILES string of the molecule is O=C(NCc1ccccc1)NCc1ccc(Cl)o1. The second-order valence-electron chi connectivity index (χ2n) is 3.73. The Morgan fingerprint density at radius 1 is 1.06 bits per heavy atom. The van der Waals surface area contributed by atoms with E-state index in [0.29, 0.717) is 24.1 Å². The fourth-order valence-corrected chi connectivity index (χ4v) is 1.62. The molecular formula is C13H13ClN2O2. The van der Waals surface area contributed by atoms with Gasteiger partial charge < -0.3 is 15.1 Å². The second-order valence-corrected chi connectivity index (χ2v) is 4.10. The van der Waals surface area contributed by atoms with Crippen LogP contribution in [0.15, 0.2) is 46.9 Å².